The van der Waals surface area contributed by atoms with E-state index in [1.807, 2.05) is 36.1 Å². The minimum atomic E-state index is -0.0826. The van der Waals surface area contributed by atoms with Gasteiger partial charge in [0.05, 0.1) is 37.7 Å². The van der Waals surface area contributed by atoms with Crippen molar-refractivity contribution in [2.75, 3.05) is 49.7 Å². The normalized spacial score (nSPS) is 16.6. The third-order valence-electron chi connectivity index (χ3n) is 5.89. The third kappa shape index (κ3) is 4.53. The van der Waals surface area contributed by atoms with Crippen LogP contribution in [0, 0.1) is 24.2 Å². The van der Waals surface area contributed by atoms with E-state index in [4.69, 9.17) is 15.0 Å². The lowest BCUT2D eigenvalue weighted by Gasteiger charge is -2.35. The molecule has 2 aliphatic rings. The van der Waals surface area contributed by atoms with Crippen LogP contribution in [0.3, 0.4) is 0 Å². The van der Waals surface area contributed by atoms with E-state index in [-0.39, 0.29) is 18.4 Å². The number of morpholine rings is 1. The van der Waals surface area contributed by atoms with Gasteiger partial charge in [0, 0.05) is 26.2 Å². The molecule has 1 aromatic carbocycles. The molecule has 0 saturated carbocycles. The second kappa shape index (κ2) is 9.44. The first-order valence-electron chi connectivity index (χ1n) is 11.2. The number of aromatic nitrogens is 4. The molecule has 0 radical (unpaired) electrons. The number of ether oxygens (including phenoxy) is 1. The number of aryl methyl sites for hydroxylation is 1. The number of hydrazone groups is 1. The van der Waals surface area contributed by atoms with Crippen LogP contribution in [0.5, 0.6) is 0 Å². The number of nitrogens with zero attached hydrogens (tertiary/aromatic N) is 8. The van der Waals surface area contributed by atoms with Crippen LogP contribution in [0.2, 0.25) is 0 Å². The van der Waals surface area contributed by atoms with Gasteiger partial charge in [-0.15, -0.1) is 0 Å². The quantitative estimate of drug-likeness (QED) is 0.433. The summed E-state index contributed by atoms with van der Waals surface area (Å²) in [5.74, 6) is 0.854. The van der Waals surface area contributed by atoms with Crippen LogP contribution in [0.1, 0.15) is 11.1 Å². The Kier molecular flexibility index (Phi) is 6.05. The van der Waals surface area contributed by atoms with E-state index in [0.717, 1.165) is 11.1 Å². The summed E-state index contributed by atoms with van der Waals surface area (Å²) in [5, 5.41) is 13.3. The molecule has 2 fully saturated rings. The molecule has 2 aromatic heterocycles. The number of benzene rings is 1. The first-order valence-corrected chi connectivity index (χ1v) is 11.2. The largest absolute Gasteiger partial charge is 0.378 e. The second-order valence-electron chi connectivity index (χ2n) is 8.43. The highest BCUT2D eigenvalue weighted by Crippen LogP contribution is 2.24. The van der Waals surface area contributed by atoms with Gasteiger partial charge in [0.15, 0.2) is 17.0 Å². The lowest BCUT2D eigenvalue weighted by atomic mass is 10.0. The van der Waals surface area contributed by atoms with Gasteiger partial charge in [-0.2, -0.15) is 20.3 Å². The van der Waals surface area contributed by atoms with Crippen LogP contribution in [0.25, 0.3) is 11.2 Å². The number of nitriles is 1. The molecule has 4 heterocycles. The molecular weight excluding hydrogens is 434 g/mol. The summed E-state index contributed by atoms with van der Waals surface area (Å²) in [4.78, 5) is 30.3. The summed E-state index contributed by atoms with van der Waals surface area (Å²) in [6, 6.07) is 10.2. The summed E-state index contributed by atoms with van der Waals surface area (Å²) in [7, 11) is 0. The molecule has 0 aliphatic carbocycles. The molecule has 5 rings (SSSR count). The molecule has 174 valence electrons. The Labute approximate surface area is 196 Å². The molecular formula is C23H25N9O2. The molecule has 0 bridgehead atoms. The molecule has 3 aromatic rings. The summed E-state index contributed by atoms with van der Waals surface area (Å²) >= 11 is 0. The molecule has 11 nitrogen and oxygen atoms in total. The van der Waals surface area contributed by atoms with Gasteiger partial charge in [0.2, 0.25) is 11.9 Å². The second-order valence-corrected chi connectivity index (χ2v) is 8.43. The van der Waals surface area contributed by atoms with Crippen LogP contribution in [0.15, 0.2) is 35.7 Å². The predicted octanol–water partition coefficient (Wildman–Crippen LogP) is 1.40. The fourth-order valence-electron chi connectivity index (χ4n) is 3.96. The third-order valence-corrected chi connectivity index (χ3v) is 5.89. The maximum Gasteiger partial charge on any atom is 0.242 e. The minimum Gasteiger partial charge on any atom is -0.378 e. The number of carbonyl (C=O) groups is 1. The standard InChI is InChI=1S/C23H25N9O2/c1-16-3-2-4-17(9-16)11-26-29-21-20-22(28-23(27-21)30-5-7-34-8-6-30)32(15-25-20)14-19(33)31-12-18(10-24)13-31/h2-4,9,11,15,18H,5-8,12-14H2,1H3,(H,27,28,29)/b26-11+. The maximum absolute atomic E-state index is 12.7. The van der Waals surface area contributed by atoms with Gasteiger partial charge >= 0.3 is 0 Å². The van der Waals surface area contributed by atoms with Crippen molar-refractivity contribution in [1.29, 1.82) is 5.26 Å². The van der Waals surface area contributed by atoms with Crippen molar-refractivity contribution in [3.8, 4) is 6.07 Å². The van der Waals surface area contributed by atoms with E-state index in [1.165, 1.54) is 0 Å². The lowest BCUT2D eigenvalue weighted by Crippen LogP contribution is -2.50. The Morgan fingerprint density at radius 3 is 2.91 bits per heavy atom. The van der Waals surface area contributed by atoms with Crippen molar-refractivity contribution in [3.05, 3.63) is 41.7 Å². The molecule has 11 heteroatoms. The zero-order chi connectivity index (χ0) is 23.5. The van der Waals surface area contributed by atoms with Gasteiger partial charge in [-0.25, -0.2) is 4.98 Å². The number of likely N-dealkylation sites (tertiary alicyclic amines) is 1. The topological polar surface area (TPSA) is 125 Å². The van der Waals surface area contributed by atoms with E-state index in [1.54, 1.807) is 22.0 Å². The van der Waals surface area contributed by atoms with Crippen LogP contribution in [-0.2, 0) is 16.1 Å². The molecule has 0 atom stereocenters. The van der Waals surface area contributed by atoms with Gasteiger partial charge in [-0.05, 0) is 12.5 Å². The minimum absolute atomic E-state index is 0.0655. The Balaban J connectivity index is 1.43. The average Bonchev–Trinajstić information content (AvgIpc) is 3.22. The van der Waals surface area contributed by atoms with E-state index >= 15 is 0 Å². The molecule has 1 amide bonds. The van der Waals surface area contributed by atoms with Crippen molar-refractivity contribution < 1.29 is 9.53 Å². The highest BCUT2D eigenvalue weighted by molar-refractivity contribution is 5.87. The van der Waals surface area contributed by atoms with E-state index in [0.29, 0.717) is 62.3 Å². The number of hydrogen-bond donors (Lipinski definition) is 1. The van der Waals surface area contributed by atoms with Crippen LogP contribution in [-0.4, -0.2) is 75.9 Å². The molecule has 2 aliphatic heterocycles. The van der Waals surface area contributed by atoms with Crippen molar-refractivity contribution >= 4 is 35.1 Å². The Bertz CT molecular complexity index is 1270. The first-order chi connectivity index (χ1) is 16.6. The molecule has 1 N–H and O–H groups in total. The van der Waals surface area contributed by atoms with Gasteiger partial charge < -0.3 is 19.1 Å². The summed E-state index contributed by atoms with van der Waals surface area (Å²) in [5.41, 5.74) is 6.21. The Morgan fingerprint density at radius 2 is 2.15 bits per heavy atom. The summed E-state index contributed by atoms with van der Waals surface area (Å²) in [6.07, 6.45) is 3.32. The zero-order valence-corrected chi connectivity index (χ0v) is 18.9. The van der Waals surface area contributed by atoms with Crippen molar-refractivity contribution in [3.63, 3.8) is 0 Å². The highest BCUT2D eigenvalue weighted by Gasteiger charge is 2.31. The van der Waals surface area contributed by atoms with Crippen LogP contribution in [0.4, 0.5) is 11.8 Å². The Morgan fingerprint density at radius 1 is 1.32 bits per heavy atom. The van der Waals surface area contributed by atoms with Gasteiger partial charge in [-0.3, -0.25) is 10.2 Å². The number of hydrogen-bond acceptors (Lipinski definition) is 9. The predicted molar refractivity (Wildman–Crippen MR) is 126 cm³/mol. The Hall–Kier alpha value is -4.04. The number of carbonyl (C=O) groups excluding carboxylic acids is 1. The van der Waals surface area contributed by atoms with Crippen LogP contribution >= 0.6 is 0 Å². The average molecular weight is 460 g/mol. The number of amides is 1. The monoisotopic (exact) mass is 459 g/mol. The fourth-order valence-corrected chi connectivity index (χ4v) is 3.96. The number of fused-ring (bicyclic) bond motifs is 1. The highest BCUT2D eigenvalue weighted by atomic mass is 16.5. The number of imidazole rings is 1. The van der Waals surface area contributed by atoms with E-state index in [9.17, 15) is 4.79 Å². The van der Waals surface area contributed by atoms with Gasteiger partial charge in [0.1, 0.15) is 6.54 Å². The van der Waals surface area contributed by atoms with Crippen molar-refractivity contribution in [2.24, 2.45) is 11.0 Å². The summed E-state index contributed by atoms with van der Waals surface area (Å²) in [6.45, 7) is 5.61. The SMILES string of the molecule is Cc1cccc(/C=N/Nc2nc(N3CCOCC3)nc3c2ncn3CC(=O)N2CC(C#N)C2)c1. The smallest absolute Gasteiger partial charge is 0.242 e. The molecule has 0 unspecified atom stereocenters. The first kappa shape index (κ1) is 21.8. The lowest BCUT2D eigenvalue weighted by molar-refractivity contribution is -0.136. The van der Waals surface area contributed by atoms with Crippen molar-refractivity contribution in [2.45, 2.75) is 13.5 Å². The van der Waals surface area contributed by atoms with Crippen molar-refractivity contribution in [1.82, 2.24) is 24.4 Å². The van der Waals surface area contributed by atoms with Crippen LogP contribution < -0.4 is 10.3 Å². The maximum atomic E-state index is 12.7. The number of nitrogens with one attached hydrogen (secondary N) is 1. The molecule has 0 spiro atoms. The molecule has 34 heavy (non-hydrogen) atoms. The van der Waals surface area contributed by atoms with Gasteiger partial charge in [0.25, 0.3) is 0 Å². The summed E-state index contributed by atoms with van der Waals surface area (Å²) < 4.78 is 7.18. The fraction of sp³-hybridized carbons (Fsp3) is 0.391. The molecule has 2 saturated heterocycles. The zero-order valence-electron chi connectivity index (χ0n) is 18.9. The van der Waals surface area contributed by atoms with Gasteiger partial charge in [-0.1, -0.05) is 29.8 Å². The number of anilines is 2. The van der Waals surface area contributed by atoms with E-state index in [2.05, 4.69) is 26.6 Å². The number of rotatable bonds is 6. The van der Waals surface area contributed by atoms with E-state index < -0.39 is 0 Å².